The molecule has 0 fully saturated rings. The van der Waals surface area contributed by atoms with Gasteiger partial charge in [0.2, 0.25) is 5.91 Å². The first-order chi connectivity index (χ1) is 16.5. The minimum absolute atomic E-state index is 0.155. The van der Waals surface area contributed by atoms with Crippen LogP contribution in [-0.2, 0) is 10.7 Å². The number of nitrogens with two attached hydrogens (primary N) is 1. The standard InChI is InChI=1S/C25H20ClN7O/c1-15(34)30-17-10-12-28-22(13-17)20-8-9-21-25(31-20)33(18-6-4-16(14-26)5-7-18)24(32-21)19-3-2-11-29-23(19)27/h2-13H,14H2,1H3,(H2,27,29)(H,28,30,34). The Morgan fingerprint density at radius 3 is 2.56 bits per heavy atom. The first kappa shape index (κ1) is 21.5. The van der Waals surface area contributed by atoms with Gasteiger partial charge in [0.15, 0.2) is 11.5 Å². The van der Waals surface area contributed by atoms with Crippen LogP contribution in [0.15, 0.2) is 73.1 Å². The third kappa shape index (κ3) is 4.06. The van der Waals surface area contributed by atoms with E-state index in [2.05, 4.69) is 15.3 Å². The van der Waals surface area contributed by atoms with E-state index in [0.29, 0.717) is 51.3 Å². The number of halogens is 1. The Kier molecular flexibility index (Phi) is 5.65. The van der Waals surface area contributed by atoms with E-state index >= 15 is 0 Å². The molecular weight excluding hydrogens is 450 g/mol. The zero-order chi connectivity index (χ0) is 23.7. The van der Waals surface area contributed by atoms with Gasteiger partial charge in [-0.1, -0.05) is 12.1 Å². The van der Waals surface area contributed by atoms with E-state index in [1.165, 1.54) is 6.92 Å². The molecule has 0 saturated heterocycles. The van der Waals surface area contributed by atoms with E-state index in [-0.39, 0.29) is 5.91 Å². The maximum atomic E-state index is 11.5. The average Bonchev–Trinajstić information content (AvgIpc) is 3.22. The molecule has 1 amide bonds. The topological polar surface area (TPSA) is 112 Å². The Morgan fingerprint density at radius 2 is 1.82 bits per heavy atom. The number of nitrogens with zero attached hydrogens (tertiary/aromatic N) is 5. The molecule has 34 heavy (non-hydrogen) atoms. The molecule has 5 rings (SSSR count). The average molecular weight is 470 g/mol. The van der Waals surface area contributed by atoms with Crippen LogP contribution in [0.2, 0.25) is 0 Å². The van der Waals surface area contributed by atoms with Gasteiger partial charge in [0, 0.05) is 36.6 Å². The largest absolute Gasteiger partial charge is 0.383 e. The van der Waals surface area contributed by atoms with Crippen molar-refractivity contribution < 1.29 is 4.79 Å². The third-order valence-corrected chi connectivity index (χ3v) is 5.58. The van der Waals surface area contributed by atoms with Crippen molar-refractivity contribution in [2.24, 2.45) is 0 Å². The van der Waals surface area contributed by atoms with Crippen LogP contribution in [0.3, 0.4) is 0 Å². The molecule has 0 saturated carbocycles. The number of pyridine rings is 3. The highest BCUT2D eigenvalue weighted by molar-refractivity contribution is 6.17. The number of carbonyl (C=O) groups is 1. The lowest BCUT2D eigenvalue weighted by atomic mass is 10.2. The molecule has 9 heteroatoms. The lowest BCUT2D eigenvalue weighted by molar-refractivity contribution is -0.114. The van der Waals surface area contributed by atoms with Gasteiger partial charge in [-0.25, -0.2) is 15.0 Å². The van der Waals surface area contributed by atoms with Crippen molar-refractivity contribution >= 4 is 40.2 Å². The Bertz CT molecular complexity index is 1510. The quantitative estimate of drug-likeness (QED) is 0.357. The number of imidazole rings is 1. The van der Waals surface area contributed by atoms with Gasteiger partial charge in [-0.15, -0.1) is 11.6 Å². The number of alkyl halides is 1. The van der Waals surface area contributed by atoms with Crippen LogP contribution in [0.4, 0.5) is 11.5 Å². The minimum Gasteiger partial charge on any atom is -0.383 e. The van der Waals surface area contributed by atoms with Crippen LogP contribution in [0.25, 0.3) is 39.6 Å². The summed E-state index contributed by atoms with van der Waals surface area (Å²) in [5, 5.41) is 2.78. The van der Waals surface area contributed by atoms with Crippen molar-refractivity contribution in [3.8, 4) is 28.5 Å². The van der Waals surface area contributed by atoms with Crippen LogP contribution in [-0.4, -0.2) is 30.4 Å². The molecular formula is C25H20ClN7O. The fraction of sp³-hybridized carbons (Fsp3) is 0.0800. The molecule has 0 unspecified atom stereocenters. The number of hydrogen-bond donors (Lipinski definition) is 2. The molecule has 0 bridgehead atoms. The maximum absolute atomic E-state index is 11.5. The van der Waals surface area contributed by atoms with Gasteiger partial charge in [0.1, 0.15) is 11.3 Å². The monoisotopic (exact) mass is 469 g/mol. The van der Waals surface area contributed by atoms with E-state index in [1.54, 1.807) is 24.5 Å². The van der Waals surface area contributed by atoms with E-state index in [0.717, 1.165) is 11.3 Å². The molecule has 0 aliphatic rings. The smallest absolute Gasteiger partial charge is 0.221 e. The van der Waals surface area contributed by atoms with Crippen LogP contribution in [0.1, 0.15) is 12.5 Å². The van der Waals surface area contributed by atoms with E-state index in [1.807, 2.05) is 53.1 Å². The Labute approximate surface area is 200 Å². The predicted octanol–water partition coefficient (Wildman–Crippen LogP) is 4.82. The second kappa shape index (κ2) is 8.92. The van der Waals surface area contributed by atoms with E-state index in [4.69, 9.17) is 27.3 Å². The summed E-state index contributed by atoms with van der Waals surface area (Å²) in [6.45, 7) is 1.46. The fourth-order valence-electron chi connectivity index (χ4n) is 3.72. The first-order valence-corrected chi connectivity index (χ1v) is 11.1. The van der Waals surface area contributed by atoms with Crippen LogP contribution >= 0.6 is 11.6 Å². The first-order valence-electron chi connectivity index (χ1n) is 10.5. The highest BCUT2D eigenvalue weighted by atomic mass is 35.5. The summed E-state index contributed by atoms with van der Waals surface area (Å²) >= 11 is 5.99. The Hall–Kier alpha value is -4.30. The van der Waals surface area contributed by atoms with Crippen LogP contribution in [0, 0.1) is 0 Å². The van der Waals surface area contributed by atoms with Gasteiger partial charge in [-0.2, -0.15) is 0 Å². The number of hydrogen-bond acceptors (Lipinski definition) is 6. The molecule has 4 aromatic heterocycles. The van der Waals surface area contributed by atoms with E-state index in [9.17, 15) is 4.79 Å². The SMILES string of the molecule is CC(=O)Nc1ccnc(-c2ccc3nc(-c4cccnc4N)n(-c4ccc(CCl)cc4)c3n2)c1. The number of amides is 1. The van der Waals surface area contributed by atoms with Gasteiger partial charge in [0.05, 0.1) is 17.0 Å². The lowest BCUT2D eigenvalue weighted by Gasteiger charge is -2.11. The third-order valence-electron chi connectivity index (χ3n) is 5.28. The fourth-order valence-corrected chi connectivity index (χ4v) is 3.90. The molecule has 0 aliphatic carbocycles. The van der Waals surface area contributed by atoms with Crippen LogP contribution < -0.4 is 11.1 Å². The number of rotatable bonds is 5. The number of aromatic nitrogens is 5. The van der Waals surface area contributed by atoms with Crippen molar-refractivity contribution in [3.05, 3.63) is 78.6 Å². The molecule has 3 N–H and O–H groups in total. The molecule has 0 spiro atoms. The summed E-state index contributed by atoms with van der Waals surface area (Å²) in [4.78, 5) is 29.9. The molecule has 1 aromatic carbocycles. The number of nitrogens with one attached hydrogen (secondary N) is 1. The van der Waals surface area contributed by atoms with Crippen molar-refractivity contribution in [2.45, 2.75) is 12.8 Å². The number of nitrogen functional groups attached to an aromatic ring is 1. The Balaban J connectivity index is 1.72. The highest BCUT2D eigenvalue weighted by Crippen LogP contribution is 2.31. The zero-order valence-corrected chi connectivity index (χ0v) is 19.0. The van der Waals surface area contributed by atoms with Crippen molar-refractivity contribution in [2.75, 3.05) is 11.1 Å². The number of anilines is 2. The summed E-state index contributed by atoms with van der Waals surface area (Å²) in [7, 11) is 0. The maximum Gasteiger partial charge on any atom is 0.221 e. The zero-order valence-electron chi connectivity index (χ0n) is 18.2. The minimum atomic E-state index is -0.155. The number of benzene rings is 1. The second-order valence-electron chi connectivity index (χ2n) is 7.66. The molecule has 4 heterocycles. The normalized spacial score (nSPS) is 11.0. The molecule has 8 nitrogen and oxygen atoms in total. The van der Waals surface area contributed by atoms with Crippen molar-refractivity contribution in [1.29, 1.82) is 0 Å². The van der Waals surface area contributed by atoms with Gasteiger partial charge < -0.3 is 11.1 Å². The van der Waals surface area contributed by atoms with Crippen LogP contribution in [0.5, 0.6) is 0 Å². The van der Waals surface area contributed by atoms with Gasteiger partial charge >= 0.3 is 0 Å². The Morgan fingerprint density at radius 1 is 1.00 bits per heavy atom. The molecule has 168 valence electrons. The molecule has 0 atom stereocenters. The lowest BCUT2D eigenvalue weighted by Crippen LogP contribution is -2.06. The summed E-state index contributed by atoms with van der Waals surface area (Å²) in [6.07, 6.45) is 3.28. The van der Waals surface area contributed by atoms with Gasteiger partial charge in [-0.3, -0.25) is 14.3 Å². The summed E-state index contributed by atoms with van der Waals surface area (Å²) in [6, 6.07) is 18.8. The van der Waals surface area contributed by atoms with Crippen molar-refractivity contribution in [3.63, 3.8) is 0 Å². The second-order valence-corrected chi connectivity index (χ2v) is 7.92. The molecule has 0 aliphatic heterocycles. The number of carbonyl (C=O) groups excluding carboxylic acids is 1. The van der Waals surface area contributed by atoms with Gasteiger partial charge in [-0.05, 0) is 54.1 Å². The molecule has 5 aromatic rings. The number of fused-ring (bicyclic) bond motifs is 1. The van der Waals surface area contributed by atoms with E-state index < -0.39 is 0 Å². The van der Waals surface area contributed by atoms with Gasteiger partial charge in [0.25, 0.3) is 0 Å². The summed E-state index contributed by atoms with van der Waals surface area (Å²) in [5.41, 5.74) is 12.0. The van der Waals surface area contributed by atoms with Crippen molar-refractivity contribution in [1.82, 2.24) is 24.5 Å². The highest BCUT2D eigenvalue weighted by Gasteiger charge is 2.19. The predicted molar refractivity (Wildman–Crippen MR) is 134 cm³/mol. The summed E-state index contributed by atoms with van der Waals surface area (Å²) < 4.78 is 1.95. The molecule has 0 radical (unpaired) electrons. The summed E-state index contributed by atoms with van der Waals surface area (Å²) in [5.74, 6) is 1.27.